The molecule has 0 aliphatic carbocycles. The van der Waals surface area contributed by atoms with Crippen LogP contribution in [0.25, 0.3) is 0 Å². The van der Waals surface area contributed by atoms with Crippen LogP contribution in [0.5, 0.6) is 0 Å². The summed E-state index contributed by atoms with van der Waals surface area (Å²) in [6, 6.07) is -0.282. The average molecular weight is 242 g/mol. The molecule has 0 aromatic heterocycles. The first-order chi connectivity index (χ1) is 6.51. The quantitative estimate of drug-likeness (QED) is 0.583. The Morgan fingerprint density at radius 2 is 2.00 bits per heavy atom. The Bertz CT molecular complexity index is 209. The van der Waals surface area contributed by atoms with E-state index in [0.29, 0.717) is 6.42 Å². The summed E-state index contributed by atoms with van der Waals surface area (Å²) < 4.78 is 4.47. The van der Waals surface area contributed by atoms with Crippen molar-refractivity contribution in [2.45, 2.75) is 30.6 Å². The number of carbonyl (C=O) groups is 2. The lowest BCUT2D eigenvalue weighted by atomic mass is 10.1. The molecule has 1 amide bonds. The van der Waals surface area contributed by atoms with Crippen LogP contribution in [-0.4, -0.2) is 29.9 Å². The summed E-state index contributed by atoms with van der Waals surface area (Å²) in [5.74, 6) is -0.873. The molecule has 0 aromatic rings. The lowest BCUT2D eigenvalue weighted by Crippen LogP contribution is -2.39. The van der Waals surface area contributed by atoms with Crippen molar-refractivity contribution in [1.82, 2.24) is 5.32 Å². The van der Waals surface area contributed by atoms with Gasteiger partial charge in [-0.05, 0) is 6.42 Å². The van der Waals surface area contributed by atoms with Gasteiger partial charge in [-0.2, -0.15) is 0 Å². The number of hydrogen-bond acceptors (Lipinski definition) is 3. The summed E-state index contributed by atoms with van der Waals surface area (Å²) in [4.78, 5) is 20.8. The molecule has 82 valence electrons. The monoisotopic (exact) mass is 241 g/mol. The molecule has 0 heterocycles. The lowest BCUT2D eigenvalue weighted by molar-refractivity contribution is -0.141. The summed E-state index contributed by atoms with van der Waals surface area (Å²) in [5, 5.41) is 2.53. The SMILES string of the molecule is CCC(CC(=O)OC)NC(=O)C(Cl)Cl. The maximum Gasteiger partial charge on any atom is 0.307 e. The maximum absolute atomic E-state index is 11.1. The van der Waals surface area contributed by atoms with Crippen LogP contribution in [-0.2, 0) is 14.3 Å². The molecule has 4 nitrogen and oxygen atoms in total. The fourth-order valence-electron chi connectivity index (χ4n) is 0.846. The summed E-state index contributed by atoms with van der Waals surface area (Å²) >= 11 is 10.7. The zero-order valence-electron chi connectivity index (χ0n) is 8.05. The Kier molecular flexibility index (Phi) is 6.66. The Hall–Kier alpha value is -0.480. The predicted molar refractivity (Wildman–Crippen MR) is 54.3 cm³/mol. The van der Waals surface area contributed by atoms with Crippen LogP contribution in [0, 0.1) is 0 Å². The molecule has 0 aliphatic rings. The van der Waals surface area contributed by atoms with Crippen molar-refractivity contribution >= 4 is 35.1 Å². The Morgan fingerprint density at radius 3 is 2.36 bits per heavy atom. The van der Waals surface area contributed by atoms with Crippen molar-refractivity contribution < 1.29 is 14.3 Å². The van der Waals surface area contributed by atoms with E-state index in [0.717, 1.165) is 0 Å². The first kappa shape index (κ1) is 13.5. The second-order valence-electron chi connectivity index (χ2n) is 2.69. The number of rotatable bonds is 5. The van der Waals surface area contributed by atoms with E-state index in [1.54, 1.807) is 0 Å². The highest BCUT2D eigenvalue weighted by Gasteiger charge is 2.18. The molecule has 1 unspecified atom stereocenters. The molecule has 1 N–H and O–H groups in total. The van der Waals surface area contributed by atoms with Crippen LogP contribution in [0.15, 0.2) is 0 Å². The van der Waals surface area contributed by atoms with Crippen LogP contribution >= 0.6 is 23.2 Å². The topological polar surface area (TPSA) is 55.4 Å². The molecule has 14 heavy (non-hydrogen) atoms. The molecule has 0 radical (unpaired) electrons. The number of amides is 1. The van der Waals surface area contributed by atoms with E-state index in [9.17, 15) is 9.59 Å². The zero-order valence-corrected chi connectivity index (χ0v) is 9.56. The minimum Gasteiger partial charge on any atom is -0.469 e. The molecular weight excluding hydrogens is 229 g/mol. The fourth-order valence-corrected chi connectivity index (χ4v) is 0.972. The van der Waals surface area contributed by atoms with Gasteiger partial charge in [0.1, 0.15) is 0 Å². The van der Waals surface area contributed by atoms with Crippen molar-refractivity contribution in [2.24, 2.45) is 0 Å². The summed E-state index contributed by atoms with van der Waals surface area (Å²) in [7, 11) is 1.29. The maximum atomic E-state index is 11.1. The highest BCUT2D eigenvalue weighted by molar-refractivity contribution is 6.53. The van der Waals surface area contributed by atoms with Crippen LogP contribution in [0.1, 0.15) is 19.8 Å². The number of methoxy groups -OCH3 is 1. The van der Waals surface area contributed by atoms with Gasteiger partial charge in [-0.1, -0.05) is 30.1 Å². The first-order valence-electron chi connectivity index (χ1n) is 4.16. The van der Waals surface area contributed by atoms with Gasteiger partial charge in [0.05, 0.1) is 13.5 Å². The van der Waals surface area contributed by atoms with Gasteiger partial charge in [0.2, 0.25) is 0 Å². The van der Waals surface area contributed by atoms with Crippen molar-refractivity contribution in [3.05, 3.63) is 0 Å². The number of halogens is 2. The van der Waals surface area contributed by atoms with Gasteiger partial charge in [0, 0.05) is 6.04 Å². The van der Waals surface area contributed by atoms with E-state index in [2.05, 4.69) is 10.1 Å². The van der Waals surface area contributed by atoms with E-state index in [-0.39, 0.29) is 18.4 Å². The molecule has 0 rings (SSSR count). The third-order valence-electron chi connectivity index (χ3n) is 1.68. The number of ether oxygens (including phenoxy) is 1. The van der Waals surface area contributed by atoms with Crippen LogP contribution in [0.3, 0.4) is 0 Å². The number of carbonyl (C=O) groups excluding carboxylic acids is 2. The highest BCUT2D eigenvalue weighted by Crippen LogP contribution is 2.05. The Balaban J connectivity index is 4.03. The van der Waals surface area contributed by atoms with Crippen molar-refractivity contribution in [1.29, 1.82) is 0 Å². The molecule has 1 atom stereocenters. The fraction of sp³-hybridized carbons (Fsp3) is 0.750. The van der Waals surface area contributed by atoms with Gasteiger partial charge in [-0.25, -0.2) is 0 Å². The molecule has 0 spiro atoms. The van der Waals surface area contributed by atoms with Gasteiger partial charge < -0.3 is 10.1 Å². The minimum atomic E-state index is -1.11. The van der Waals surface area contributed by atoms with Gasteiger partial charge in [-0.15, -0.1) is 0 Å². The standard InChI is InChI=1S/C8H13Cl2NO3/c1-3-5(4-6(12)14-2)11-8(13)7(9)10/h5,7H,3-4H2,1-2H3,(H,11,13). The van der Waals surface area contributed by atoms with E-state index < -0.39 is 10.7 Å². The molecule has 0 saturated heterocycles. The third-order valence-corrected chi connectivity index (χ3v) is 2.07. The molecule has 0 aliphatic heterocycles. The molecule has 6 heteroatoms. The molecule has 0 saturated carbocycles. The number of nitrogens with one attached hydrogen (secondary N) is 1. The molecular formula is C8H13Cl2NO3. The predicted octanol–water partition coefficient (Wildman–Crippen LogP) is 1.25. The van der Waals surface area contributed by atoms with Crippen LogP contribution < -0.4 is 5.32 Å². The van der Waals surface area contributed by atoms with E-state index in [1.165, 1.54) is 7.11 Å². The largest absolute Gasteiger partial charge is 0.469 e. The zero-order chi connectivity index (χ0) is 11.1. The molecule has 0 fully saturated rings. The third kappa shape index (κ3) is 5.29. The van der Waals surface area contributed by atoms with Gasteiger partial charge in [0.15, 0.2) is 4.84 Å². The van der Waals surface area contributed by atoms with Crippen molar-refractivity contribution in [3.63, 3.8) is 0 Å². The average Bonchev–Trinajstić information content (AvgIpc) is 2.16. The second kappa shape index (κ2) is 6.90. The van der Waals surface area contributed by atoms with Crippen molar-refractivity contribution in [2.75, 3.05) is 7.11 Å². The van der Waals surface area contributed by atoms with Gasteiger partial charge in [-0.3, -0.25) is 9.59 Å². The minimum absolute atomic E-state index is 0.124. The van der Waals surface area contributed by atoms with Crippen LogP contribution in [0.2, 0.25) is 0 Å². The van der Waals surface area contributed by atoms with Crippen molar-refractivity contribution in [3.8, 4) is 0 Å². The van der Waals surface area contributed by atoms with E-state index >= 15 is 0 Å². The number of hydrogen-bond donors (Lipinski definition) is 1. The van der Waals surface area contributed by atoms with Gasteiger partial charge >= 0.3 is 5.97 Å². The van der Waals surface area contributed by atoms with Crippen LogP contribution in [0.4, 0.5) is 0 Å². The van der Waals surface area contributed by atoms with E-state index in [1.807, 2.05) is 6.92 Å². The number of alkyl halides is 2. The summed E-state index contributed by atoms with van der Waals surface area (Å²) in [6.45, 7) is 1.84. The van der Waals surface area contributed by atoms with Gasteiger partial charge in [0.25, 0.3) is 5.91 Å². The lowest BCUT2D eigenvalue weighted by Gasteiger charge is -2.15. The summed E-state index contributed by atoms with van der Waals surface area (Å²) in [6.07, 6.45) is 0.737. The smallest absolute Gasteiger partial charge is 0.307 e. The number of esters is 1. The Morgan fingerprint density at radius 1 is 1.43 bits per heavy atom. The highest BCUT2D eigenvalue weighted by atomic mass is 35.5. The normalized spacial score (nSPS) is 12.4. The summed E-state index contributed by atoms with van der Waals surface area (Å²) in [5.41, 5.74) is 0. The second-order valence-corrected chi connectivity index (χ2v) is 3.79. The molecule has 0 aromatic carbocycles. The van der Waals surface area contributed by atoms with E-state index in [4.69, 9.17) is 23.2 Å². The molecule has 0 bridgehead atoms. The first-order valence-corrected chi connectivity index (χ1v) is 5.03. The Labute approximate surface area is 92.9 Å².